The van der Waals surface area contributed by atoms with Crippen molar-refractivity contribution in [1.82, 2.24) is 15.5 Å². The zero-order valence-corrected chi connectivity index (χ0v) is 14.1. The molecule has 1 aliphatic heterocycles. The Morgan fingerprint density at radius 2 is 2.13 bits per heavy atom. The molecule has 1 fully saturated rings. The quantitative estimate of drug-likeness (QED) is 0.315. The Hall–Kier alpha value is -1.94. The molecule has 2 N–H and O–H groups in total. The van der Waals surface area contributed by atoms with Gasteiger partial charge in [0.05, 0.1) is 6.61 Å². The summed E-state index contributed by atoms with van der Waals surface area (Å²) in [6, 6.07) is 2.01. The number of hydrogen-bond donors (Lipinski definition) is 2. The largest absolute Gasteiger partial charge is 0.450 e. The van der Waals surface area contributed by atoms with Gasteiger partial charge in [0, 0.05) is 37.8 Å². The number of likely N-dealkylation sites (tertiary alicyclic amines) is 1. The summed E-state index contributed by atoms with van der Waals surface area (Å²) < 4.78 is 4.96. The fourth-order valence-electron chi connectivity index (χ4n) is 2.16. The summed E-state index contributed by atoms with van der Waals surface area (Å²) in [5, 5.41) is 14.8. The van der Waals surface area contributed by atoms with Crippen LogP contribution in [0.2, 0.25) is 0 Å². The number of halogens is 1. The van der Waals surface area contributed by atoms with E-state index in [2.05, 4.69) is 10.6 Å². The Balaban J connectivity index is 2.40. The second kappa shape index (κ2) is 10.7. The van der Waals surface area contributed by atoms with Crippen LogP contribution in [-0.2, 0) is 9.53 Å². The van der Waals surface area contributed by atoms with E-state index in [0.29, 0.717) is 38.5 Å². The third kappa shape index (κ3) is 6.78. The van der Waals surface area contributed by atoms with Crippen molar-refractivity contribution in [3.05, 3.63) is 11.8 Å². The van der Waals surface area contributed by atoms with Crippen molar-refractivity contribution in [2.75, 3.05) is 32.1 Å². The highest BCUT2D eigenvalue weighted by molar-refractivity contribution is 6.17. The van der Waals surface area contributed by atoms with Gasteiger partial charge in [-0.2, -0.15) is 5.26 Å². The van der Waals surface area contributed by atoms with Gasteiger partial charge in [0.2, 0.25) is 0 Å². The fraction of sp³-hybridized carbons (Fsp3) is 0.667. The van der Waals surface area contributed by atoms with Crippen molar-refractivity contribution < 1.29 is 14.3 Å². The monoisotopic (exact) mass is 342 g/mol. The lowest BCUT2D eigenvalue weighted by atomic mass is 10.1. The fourth-order valence-corrected chi connectivity index (χ4v) is 2.29. The number of nitriles is 1. The van der Waals surface area contributed by atoms with Gasteiger partial charge in [-0.1, -0.05) is 0 Å². The zero-order valence-electron chi connectivity index (χ0n) is 13.3. The summed E-state index contributed by atoms with van der Waals surface area (Å²) in [7, 11) is 0. The van der Waals surface area contributed by atoms with Crippen LogP contribution in [0.5, 0.6) is 0 Å². The highest BCUT2D eigenvalue weighted by Crippen LogP contribution is 2.11. The van der Waals surface area contributed by atoms with E-state index in [0.717, 1.165) is 12.8 Å². The van der Waals surface area contributed by atoms with Crippen molar-refractivity contribution in [2.24, 2.45) is 0 Å². The van der Waals surface area contributed by atoms with Crippen LogP contribution in [0.1, 0.15) is 26.2 Å². The molecule has 0 aromatic carbocycles. The Morgan fingerprint density at radius 1 is 1.43 bits per heavy atom. The minimum Gasteiger partial charge on any atom is -0.450 e. The van der Waals surface area contributed by atoms with E-state index in [1.165, 1.54) is 6.20 Å². The summed E-state index contributed by atoms with van der Waals surface area (Å²) in [6.45, 7) is 3.77. The van der Waals surface area contributed by atoms with E-state index in [4.69, 9.17) is 21.6 Å². The predicted molar refractivity (Wildman–Crippen MR) is 86.8 cm³/mol. The Morgan fingerprint density at radius 3 is 2.70 bits per heavy atom. The van der Waals surface area contributed by atoms with Gasteiger partial charge in [0.15, 0.2) is 0 Å². The summed E-state index contributed by atoms with van der Waals surface area (Å²) >= 11 is 5.53. The number of amides is 2. The standard InChI is InChI=1S/C15H23ClN4O3/c1-2-23-15(22)20-8-4-13(5-9-20)19-11-12(10-17)14(21)18-7-3-6-16/h11,13,19H,2-9H2,1H3,(H,18,21)/b12-11-. The Kier molecular flexibility index (Phi) is 8.91. The molecule has 0 aromatic heterocycles. The minimum atomic E-state index is -0.408. The molecule has 1 rings (SSSR count). The lowest BCUT2D eigenvalue weighted by Gasteiger charge is -2.31. The van der Waals surface area contributed by atoms with Crippen molar-refractivity contribution in [2.45, 2.75) is 32.2 Å². The highest BCUT2D eigenvalue weighted by atomic mass is 35.5. The number of alkyl halides is 1. The first kappa shape index (κ1) is 19.1. The first-order valence-electron chi connectivity index (χ1n) is 7.74. The van der Waals surface area contributed by atoms with Gasteiger partial charge in [-0.3, -0.25) is 4.79 Å². The maximum absolute atomic E-state index is 11.8. The van der Waals surface area contributed by atoms with Gasteiger partial charge < -0.3 is 20.3 Å². The van der Waals surface area contributed by atoms with Crippen molar-refractivity contribution in [3.63, 3.8) is 0 Å². The molecular weight excluding hydrogens is 320 g/mol. The van der Waals surface area contributed by atoms with Gasteiger partial charge in [-0.05, 0) is 26.2 Å². The van der Waals surface area contributed by atoms with Crippen LogP contribution >= 0.6 is 11.6 Å². The van der Waals surface area contributed by atoms with Gasteiger partial charge in [-0.15, -0.1) is 11.6 Å². The van der Waals surface area contributed by atoms with Crippen LogP contribution in [-0.4, -0.2) is 55.1 Å². The number of hydrogen-bond acceptors (Lipinski definition) is 5. The molecule has 23 heavy (non-hydrogen) atoms. The first-order chi connectivity index (χ1) is 11.1. The molecule has 1 saturated heterocycles. The molecule has 0 aliphatic carbocycles. The Bertz CT molecular complexity index is 468. The Labute approximate surface area is 141 Å². The van der Waals surface area contributed by atoms with E-state index >= 15 is 0 Å². The summed E-state index contributed by atoms with van der Waals surface area (Å²) in [5.74, 6) is 0.0532. The molecule has 0 radical (unpaired) electrons. The lowest BCUT2D eigenvalue weighted by Crippen LogP contribution is -2.44. The number of piperidine rings is 1. The molecule has 1 aliphatic rings. The average molecular weight is 343 g/mol. The second-order valence-electron chi connectivity index (χ2n) is 5.10. The van der Waals surface area contributed by atoms with E-state index in [1.54, 1.807) is 11.8 Å². The molecule has 1 heterocycles. The number of nitrogens with zero attached hydrogens (tertiary/aromatic N) is 2. The normalized spacial score (nSPS) is 15.7. The van der Waals surface area contributed by atoms with Crippen LogP contribution in [0.3, 0.4) is 0 Å². The third-order valence-corrected chi connectivity index (χ3v) is 3.71. The number of carbonyl (C=O) groups is 2. The maximum Gasteiger partial charge on any atom is 0.409 e. The highest BCUT2D eigenvalue weighted by Gasteiger charge is 2.23. The van der Waals surface area contributed by atoms with Gasteiger partial charge in [-0.25, -0.2) is 4.79 Å². The van der Waals surface area contributed by atoms with Crippen LogP contribution in [0.15, 0.2) is 11.8 Å². The molecule has 0 bridgehead atoms. The smallest absolute Gasteiger partial charge is 0.409 e. The second-order valence-corrected chi connectivity index (χ2v) is 5.47. The summed E-state index contributed by atoms with van der Waals surface area (Å²) in [5.41, 5.74) is 0.0346. The van der Waals surface area contributed by atoms with Crippen molar-refractivity contribution in [3.8, 4) is 6.07 Å². The molecule has 0 saturated carbocycles. The maximum atomic E-state index is 11.8. The van der Waals surface area contributed by atoms with Crippen molar-refractivity contribution >= 4 is 23.6 Å². The lowest BCUT2D eigenvalue weighted by molar-refractivity contribution is -0.117. The topological polar surface area (TPSA) is 94.5 Å². The van der Waals surface area contributed by atoms with E-state index in [-0.39, 0.29) is 17.7 Å². The van der Waals surface area contributed by atoms with Crippen LogP contribution in [0.4, 0.5) is 4.79 Å². The minimum absolute atomic E-state index is 0.0346. The predicted octanol–water partition coefficient (Wildman–Crippen LogP) is 1.35. The van der Waals surface area contributed by atoms with E-state index in [9.17, 15) is 9.59 Å². The number of rotatable bonds is 7. The third-order valence-electron chi connectivity index (χ3n) is 3.45. The van der Waals surface area contributed by atoms with Crippen LogP contribution < -0.4 is 10.6 Å². The number of nitrogens with one attached hydrogen (secondary N) is 2. The molecule has 128 valence electrons. The first-order valence-corrected chi connectivity index (χ1v) is 8.28. The summed E-state index contributed by atoms with van der Waals surface area (Å²) in [4.78, 5) is 25.0. The molecule has 0 unspecified atom stereocenters. The molecule has 0 aromatic rings. The molecule has 2 amide bonds. The van der Waals surface area contributed by atoms with Gasteiger partial charge in [0.1, 0.15) is 11.6 Å². The average Bonchev–Trinajstić information content (AvgIpc) is 2.56. The zero-order chi connectivity index (χ0) is 17.1. The van der Waals surface area contributed by atoms with E-state index in [1.807, 2.05) is 6.07 Å². The molecule has 0 atom stereocenters. The summed E-state index contributed by atoms with van der Waals surface area (Å²) in [6.07, 6.45) is 3.29. The molecule has 0 spiro atoms. The van der Waals surface area contributed by atoms with E-state index < -0.39 is 5.91 Å². The van der Waals surface area contributed by atoms with Crippen LogP contribution in [0, 0.1) is 11.3 Å². The molecule has 7 nitrogen and oxygen atoms in total. The van der Waals surface area contributed by atoms with Gasteiger partial charge in [0.25, 0.3) is 5.91 Å². The number of carbonyl (C=O) groups excluding carboxylic acids is 2. The SMILES string of the molecule is CCOC(=O)N1CCC(N/C=C(/C#N)C(=O)NCCCCl)CC1. The molecular formula is C15H23ClN4O3. The molecule has 8 heteroatoms. The van der Waals surface area contributed by atoms with Crippen molar-refractivity contribution in [1.29, 1.82) is 5.26 Å². The van der Waals surface area contributed by atoms with Crippen LogP contribution in [0.25, 0.3) is 0 Å². The number of ether oxygens (including phenoxy) is 1. The van der Waals surface area contributed by atoms with Gasteiger partial charge >= 0.3 is 6.09 Å².